The average Bonchev–Trinajstić information content (AvgIpc) is 3.66. The SMILES string of the molecule is [2H]C(C)(C)c1cc(-c2ccc(-n3c(-c4cc(C(C)(C)C)cc(C(C)(C)C)c4O)nc4c(-c5[c-]c(C)cc(C(C)(C)C)c5)cccc43)c(C)c2)cc(C([2H])(C)C)c1.[2H]C(C)(C)c1ccc(-c2ccncc2)cc1.[Pt]. The molecule has 0 fully saturated rings. The Balaban J connectivity index is 0.000000433. The molecule has 8 rings (SSSR count). The molecule has 8 aromatic rings. The minimum Gasteiger partial charge on any atom is -0.507 e. The summed E-state index contributed by atoms with van der Waals surface area (Å²) in [6, 6.07) is 43.5. The number of aryl methyl sites for hydroxylation is 2. The zero-order chi connectivity index (χ0) is 53.1. The van der Waals surface area contributed by atoms with Crippen LogP contribution in [0.4, 0.5) is 0 Å². The summed E-state index contributed by atoms with van der Waals surface area (Å²) in [4.78, 5) is 9.50. The van der Waals surface area contributed by atoms with Crippen molar-refractivity contribution in [3.63, 3.8) is 0 Å². The van der Waals surface area contributed by atoms with Crippen LogP contribution in [0.2, 0.25) is 0 Å². The normalized spacial score (nSPS) is 13.2. The van der Waals surface area contributed by atoms with E-state index in [-0.39, 0.29) is 43.1 Å². The molecular weight excluding hydrogens is 1030 g/mol. The number of aromatic nitrogens is 3. The summed E-state index contributed by atoms with van der Waals surface area (Å²) < 4.78 is 27.9. The number of pyridine rings is 1. The van der Waals surface area contributed by atoms with Crippen LogP contribution in [0.5, 0.6) is 5.75 Å². The Morgan fingerprint density at radius 3 is 1.66 bits per heavy atom. The Morgan fingerprint density at radius 2 is 1.11 bits per heavy atom. The summed E-state index contributed by atoms with van der Waals surface area (Å²) >= 11 is 0. The standard InChI is InChI=1S/C51H61N2O.C14H15N.Pt/c1-30(2)35-24-36(31(3)4)26-37(25-35)34-19-20-44(33(6)23-34)53-45-18-16-17-41(38-21-32(5)22-39(27-38)49(7,8)9)46(45)52-48(53)42-28-40(50(10,11)12)29-43(47(42)54)51(13,14)15;1-11(2)12-3-5-13(6-4-12)14-7-9-15-10-8-14;/h16-20,22-31,54H,1-15H3;3-11H,1-2H3;/q-1;;/i30D,31D;11D;. The third-order valence-corrected chi connectivity index (χ3v) is 13.2. The number of aromatic hydroxyl groups is 1. The van der Waals surface area contributed by atoms with E-state index in [1.807, 2.05) is 71.9 Å². The quantitative estimate of drug-likeness (QED) is 0.154. The molecule has 4 nitrogen and oxygen atoms in total. The van der Waals surface area contributed by atoms with Crippen LogP contribution in [-0.4, -0.2) is 19.6 Å². The number of phenolic OH excluding ortho intramolecular Hbond substituents is 1. The predicted molar refractivity (Wildman–Crippen MR) is 295 cm³/mol. The molecule has 0 unspecified atom stereocenters. The molecule has 368 valence electrons. The van der Waals surface area contributed by atoms with Crippen molar-refractivity contribution in [2.24, 2.45) is 0 Å². The van der Waals surface area contributed by atoms with Crippen molar-refractivity contribution in [2.45, 2.75) is 152 Å². The Labute approximate surface area is 439 Å². The number of rotatable bonds is 8. The van der Waals surface area contributed by atoms with Crippen molar-refractivity contribution >= 4 is 11.0 Å². The molecule has 2 heterocycles. The monoisotopic (exact) mass is 1110 g/mol. The van der Waals surface area contributed by atoms with Gasteiger partial charge in [0.15, 0.2) is 0 Å². The van der Waals surface area contributed by atoms with E-state index in [4.69, 9.17) is 9.10 Å². The maximum atomic E-state index is 12.3. The van der Waals surface area contributed by atoms with E-state index in [9.17, 15) is 5.11 Å². The van der Waals surface area contributed by atoms with Gasteiger partial charge in [0.1, 0.15) is 11.6 Å². The molecule has 0 spiro atoms. The third-order valence-electron chi connectivity index (χ3n) is 13.2. The minimum absolute atomic E-state index is 0. The molecule has 0 saturated heterocycles. The fourth-order valence-electron chi connectivity index (χ4n) is 8.84. The molecule has 1 N–H and O–H groups in total. The van der Waals surface area contributed by atoms with Gasteiger partial charge in [0, 0.05) is 43.1 Å². The molecule has 0 radical (unpaired) electrons. The number of benzene rings is 6. The van der Waals surface area contributed by atoms with Crippen LogP contribution >= 0.6 is 0 Å². The molecule has 6 aromatic carbocycles. The molecule has 0 aliphatic heterocycles. The van der Waals surface area contributed by atoms with Gasteiger partial charge in [0.25, 0.3) is 0 Å². The van der Waals surface area contributed by atoms with Gasteiger partial charge in [0.05, 0.1) is 22.3 Å². The maximum absolute atomic E-state index is 12.3. The number of hydrogen-bond donors (Lipinski definition) is 1. The summed E-state index contributed by atoms with van der Waals surface area (Å²) in [7, 11) is 0. The second-order valence-electron chi connectivity index (χ2n) is 22.7. The van der Waals surface area contributed by atoms with E-state index in [0.717, 1.165) is 89.0 Å². The van der Waals surface area contributed by atoms with Crippen molar-refractivity contribution in [3.8, 4) is 56.2 Å². The first-order chi connectivity index (χ1) is 33.2. The Morgan fingerprint density at radius 1 is 0.557 bits per heavy atom. The summed E-state index contributed by atoms with van der Waals surface area (Å²) in [5, 5.41) is 12.3. The van der Waals surface area contributed by atoms with E-state index in [1.54, 1.807) is 12.4 Å². The van der Waals surface area contributed by atoms with Crippen LogP contribution in [0.25, 0.3) is 61.5 Å². The molecule has 0 atom stereocenters. The average molecular weight is 1110 g/mol. The summed E-state index contributed by atoms with van der Waals surface area (Å²) in [6.45, 7) is 35.4. The van der Waals surface area contributed by atoms with Gasteiger partial charge in [-0.1, -0.05) is 183 Å². The number of phenols is 1. The van der Waals surface area contributed by atoms with Crippen molar-refractivity contribution < 1.29 is 30.3 Å². The first-order valence-corrected chi connectivity index (χ1v) is 24.4. The summed E-state index contributed by atoms with van der Waals surface area (Å²) in [5.41, 5.74) is 17.4. The van der Waals surface area contributed by atoms with Gasteiger partial charge in [-0.15, -0.1) is 34.9 Å². The maximum Gasteiger partial charge on any atom is 0.148 e. The van der Waals surface area contributed by atoms with Gasteiger partial charge in [-0.3, -0.25) is 9.55 Å². The second kappa shape index (κ2) is 21.0. The topological polar surface area (TPSA) is 50.9 Å². The van der Waals surface area contributed by atoms with Crippen LogP contribution in [0.15, 0.2) is 128 Å². The van der Waals surface area contributed by atoms with E-state index >= 15 is 0 Å². The second-order valence-corrected chi connectivity index (χ2v) is 22.7. The number of fused-ring (bicyclic) bond motifs is 1. The number of para-hydroxylation sites is 1. The van der Waals surface area contributed by atoms with E-state index in [0.29, 0.717) is 11.4 Å². The van der Waals surface area contributed by atoms with Crippen molar-refractivity contribution in [1.82, 2.24) is 14.5 Å². The fraction of sp³-hybridized carbons (Fsp3) is 0.354. The summed E-state index contributed by atoms with van der Waals surface area (Å²) in [5.74, 6) is -1.24. The smallest absolute Gasteiger partial charge is 0.148 e. The van der Waals surface area contributed by atoms with Crippen LogP contribution in [0, 0.1) is 19.9 Å². The molecule has 70 heavy (non-hydrogen) atoms. The molecule has 0 amide bonds. The van der Waals surface area contributed by atoms with Gasteiger partial charge in [-0.05, 0) is 127 Å². The first kappa shape index (κ1) is 49.4. The Kier molecular flexibility index (Phi) is 14.8. The van der Waals surface area contributed by atoms with Crippen LogP contribution in [0.1, 0.15) is 170 Å². The first-order valence-electron chi connectivity index (χ1n) is 25.9. The van der Waals surface area contributed by atoms with E-state index in [2.05, 4.69) is 177 Å². The van der Waals surface area contributed by atoms with Crippen molar-refractivity contribution in [3.05, 3.63) is 178 Å². The van der Waals surface area contributed by atoms with E-state index in [1.165, 1.54) is 5.56 Å². The summed E-state index contributed by atoms with van der Waals surface area (Å²) in [6.07, 6.45) is 3.58. The largest absolute Gasteiger partial charge is 0.507 e. The minimum atomic E-state index is -0.814. The van der Waals surface area contributed by atoms with Crippen molar-refractivity contribution in [1.29, 1.82) is 0 Å². The van der Waals surface area contributed by atoms with Crippen LogP contribution in [0.3, 0.4) is 0 Å². The molecule has 5 heteroatoms. The Bertz CT molecular complexity index is 3230. The number of nitrogens with zero attached hydrogens (tertiary/aromatic N) is 3. The van der Waals surface area contributed by atoms with Gasteiger partial charge in [0.2, 0.25) is 0 Å². The number of imidazole rings is 1. The molecule has 0 saturated carbocycles. The van der Waals surface area contributed by atoms with Crippen molar-refractivity contribution in [2.75, 3.05) is 0 Å². The Hall–Kier alpha value is -5.57. The fourth-order valence-corrected chi connectivity index (χ4v) is 8.84. The predicted octanol–water partition coefficient (Wildman–Crippen LogP) is 18.2. The van der Waals surface area contributed by atoms with Crippen LogP contribution in [-0.2, 0) is 37.3 Å². The molecule has 0 aliphatic rings. The van der Waals surface area contributed by atoms with E-state index < -0.39 is 17.7 Å². The van der Waals surface area contributed by atoms with Gasteiger partial charge < -0.3 is 5.11 Å². The zero-order valence-electron chi connectivity index (χ0n) is 47.7. The zero-order valence-corrected chi connectivity index (χ0v) is 47.0. The van der Waals surface area contributed by atoms with Gasteiger partial charge >= 0.3 is 0 Å². The molecule has 0 aliphatic carbocycles. The van der Waals surface area contributed by atoms with Gasteiger partial charge in [-0.2, -0.15) is 0 Å². The molecule has 0 bridgehead atoms. The third kappa shape index (κ3) is 11.8. The molecule has 2 aromatic heterocycles. The van der Waals surface area contributed by atoms with Crippen LogP contribution < -0.4 is 0 Å². The molecular formula is C65H76N3OPt-. The number of hydrogen-bond acceptors (Lipinski definition) is 3. The van der Waals surface area contributed by atoms with Gasteiger partial charge in [-0.25, -0.2) is 4.98 Å².